The first-order valence-corrected chi connectivity index (χ1v) is 8.04. The highest BCUT2D eigenvalue weighted by molar-refractivity contribution is 6.54. The zero-order chi connectivity index (χ0) is 16.4. The second-order valence-corrected chi connectivity index (χ2v) is 7.22. The van der Waals surface area contributed by atoms with Crippen molar-refractivity contribution in [3.8, 4) is 0 Å². The number of allylic oxidation sites excluding steroid dienone is 1. The first kappa shape index (κ1) is 17.1. The summed E-state index contributed by atoms with van der Waals surface area (Å²) >= 11 is 0. The fourth-order valence-electron chi connectivity index (χ4n) is 2.47. The molecule has 0 aromatic heterocycles. The molecule has 1 aromatic carbocycles. The lowest BCUT2D eigenvalue weighted by molar-refractivity contribution is 0.00578. The molecule has 1 aliphatic heterocycles. The minimum atomic E-state index is -0.307. The van der Waals surface area contributed by atoms with Crippen molar-refractivity contribution in [3.05, 3.63) is 52.7 Å². The molecule has 0 unspecified atom stereocenters. The van der Waals surface area contributed by atoms with Gasteiger partial charge in [-0.1, -0.05) is 30.3 Å². The van der Waals surface area contributed by atoms with E-state index >= 15 is 0 Å². The van der Waals surface area contributed by atoms with Crippen molar-refractivity contribution in [1.29, 1.82) is 0 Å². The van der Waals surface area contributed by atoms with Crippen LogP contribution >= 0.6 is 0 Å². The Hall–Kier alpha value is -1.28. The van der Waals surface area contributed by atoms with Gasteiger partial charge in [-0.25, -0.2) is 0 Å². The van der Waals surface area contributed by atoms with Gasteiger partial charge in [0.2, 0.25) is 0 Å². The molecule has 1 aliphatic rings. The first-order valence-electron chi connectivity index (χ1n) is 8.04. The molecule has 1 saturated heterocycles. The van der Waals surface area contributed by atoms with Gasteiger partial charge in [-0.2, -0.15) is 0 Å². The quantitative estimate of drug-likeness (QED) is 0.590. The zero-order valence-corrected chi connectivity index (χ0v) is 14.7. The Balaban J connectivity index is 2.18. The number of benzene rings is 1. The Morgan fingerprint density at radius 1 is 1.00 bits per heavy atom. The summed E-state index contributed by atoms with van der Waals surface area (Å²) in [5, 5.41) is 0. The molecule has 0 amide bonds. The summed E-state index contributed by atoms with van der Waals surface area (Å²) in [5.74, 6) is 0. The average molecular weight is 298 g/mol. The summed E-state index contributed by atoms with van der Waals surface area (Å²) in [7, 11) is -0.302. The van der Waals surface area contributed by atoms with E-state index in [9.17, 15) is 0 Å². The third-order valence-corrected chi connectivity index (χ3v) is 4.47. The number of rotatable bonds is 4. The van der Waals surface area contributed by atoms with Crippen molar-refractivity contribution in [1.82, 2.24) is 0 Å². The van der Waals surface area contributed by atoms with Crippen molar-refractivity contribution in [2.45, 2.75) is 65.6 Å². The highest BCUT2D eigenvalue weighted by Gasteiger charge is 2.52. The predicted octanol–water partition coefficient (Wildman–Crippen LogP) is 4.74. The monoisotopic (exact) mass is 298 g/mol. The van der Waals surface area contributed by atoms with E-state index in [1.807, 2.05) is 6.07 Å². The lowest BCUT2D eigenvalue weighted by Gasteiger charge is -2.32. The first-order chi connectivity index (χ1) is 10.2. The highest BCUT2D eigenvalue weighted by atomic mass is 16.7. The van der Waals surface area contributed by atoms with Gasteiger partial charge < -0.3 is 9.31 Å². The van der Waals surface area contributed by atoms with Gasteiger partial charge in [-0.15, -0.1) is 5.73 Å². The third kappa shape index (κ3) is 3.92. The summed E-state index contributed by atoms with van der Waals surface area (Å²) in [4.78, 5) is 0. The lowest BCUT2D eigenvalue weighted by atomic mass is 9.75. The van der Waals surface area contributed by atoms with Crippen molar-refractivity contribution in [3.63, 3.8) is 0 Å². The molecule has 0 spiro atoms. The Morgan fingerprint density at radius 2 is 1.55 bits per heavy atom. The van der Waals surface area contributed by atoms with E-state index in [1.165, 1.54) is 5.56 Å². The molecule has 22 heavy (non-hydrogen) atoms. The molecule has 0 N–H and O–H groups in total. The van der Waals surface area contributed by atoms with Crippen LogP contribution in [-0.4, -0.2) is 18.3 Å². The molecule has 0 saturated carbocycles. The molecule has 118 valence electrons. The molecule has 0 bridgehead atoms. The van der Waals surface area contributed by atoms with Gasteiger partial charge >= 0.3 is 7.12 Å². The number of hydrogen-bond donors (Lipinski definition) is 0. The number of aryl methyl sites for hydroxylation is 1. The second kappa shape index (κ2) is 6.46. The molecular weight excluding hydrogens is 271 g/mol. The van der Waals surface area contributed by atoms with E-state index in [0.717, 1.165) is 23.9 Å². The molecule has 1 aromatic rings. The fourth-order valence-corrected chi connectivity index (χ4v) is 2.47. The smallest absolute Gasteiger partial charge is 0.399 e. The maximum atomic E-state index is 6.18. The standard InChI is InChI=1S/C19H27BO2/c1-15(2)14-17(13-12-16-10-8-7-9-11-16)20-21-18(3,4)19(5,6)22-20/h7-11H,12-13H2,1-6H3. The van der Waals surface area contributed by atoms with E-state index in [-0.39, 0.29) is 18.3 Å². The van der Waals surface area contributed by atoms with Crippen LogP contribution in [0.15, 0.2) is 47.1 Å². The summed E-state index contributed by atoms with van der Waals surface area (Å²) < 4.78 is 12.4. The van der Waals surface area contributed by atoms with E-state index in [2.05, 4.69) is 71.5 Å². The molecule has 0 aliphatic carbocycles. The SMILES string of the molecule is CC(C)=C=C(CCc1ccccc1)B1OC(C)(C)C(C)(C)O1. The average Bonchev–Trinajstić information content (AvgIpc) is 2.64. The van der Waals surface area contributed by atoms with Crippen LogP contribution in [0.4, 0.5) is 0 Å². The molecule has 2 rings (SSSR count). The van der Waals surface area contributed by atoms with E-state index in [0.29, 0.717) is 0 Å². The number of hydrogen-bond acceptors (Lipinski definition) is 2. The summed E-state index contributed by atoms with van der Waals surface area (Å²) in [6, 6.07) is 10.5. The van der Waals surface area contributed by atoms with Crippen LogP contribution in [-0.2, 0) is 15.7 Å². The Bertz CT molecular complexity index is 561. The fraction of sp³-hybridized carbons (Fsp3) is 0.526. The van der Waals surface area contributed by atoms with Gasteiger partial charge in [-0.3, -0.25) is 0 Å². The van der Waals surface area contributed by atoms with Gasteiger partial charge in [-0.05, 0) is 65.5 Å². The predicted molar refractivity (Wildman–Crippen MR) is 92.7 cm³/mol. The van der Waals surface area contributed by atoms with Crippen LogP contribution in [0.1, 0.15) is 53.5 Å². The van der Waals surface area contributed by atoms with Gasteiger partial charge in [0.25, 0.3) is 0 Å². The molecule has 2 nitrogen and oxygen atoms in total. The van der Waals surface area contributed by atoms with Crippen LogP contribution in [0.5, 0.6) is 0 Å². The van der Waals surface area contributed by atoms with Gasteiger partial charge in [0, 0.05) is 5.47 Å². The molecule has 1 fully saturated rings. The van der Waals surface area contributed by atoms with Crippen LogP contribution in [0.25, 0.3) is 0 Å². The van der Waals surface area contributed by atoms with Crippen molar-refractivity contribution in [2.24, 2.45) is 0 Å². The lowest BCUT2D eigenvalue weighted by Crippen LogP contribution is -2.41. The molecule has 0 radical (unpaired) electrons. The van der Waals surface area contributed by atoms with E-state index in [1.54, 1.807) is 0 Å². The van der Waals surface area contributed by atoms with Crippen LogP contribution < -0.4 is 0 Å². The second-order valence-electron chi connectivity index (χ2n) is 7.22. The van der Waals surface area contributed by atoms with Crippen LogP contribution in [0, 0.1) is 0 Å². The minimum absolute atomic E-state index is 0.302. The Morgan fingerprint density at radius 3 is 2.05 bits per heavy atom. The third-order valence-electron chi connectivity index (χ3n) is 4.47. The maximum absolute atomic E-state index is 6.18. The molecule has 3 heteroatoms. The maximum Gasteiger partial charge on any atom is 0.498 e. The normalized spacial score (nSPS) is 18.9. The van der Waals surface area contributed by atoms with Crippen molar-refractivity contribution in [2.75, 3.05) is 0 Å². The topological polar surface area (TPSA) is 18.5 Å². The summed E-state index contributed by atoms with van der Waals surface area (Å²) in [6.45, 7) is 12.5. The zero-order valence-electron chi connectivity index (χ0n) is 14.7. The largest absolute Gasteiger partial charge is 0.498 e. The molecular formula is C19H27BO2. The van der Waals surface area contributed by atoms with Crippen molar-refractivity contribution >= 4 is 7.12 Å². The van der Waals surface area contributed by atoms with Crippen LogP contribution in [0.2, 0.25) is 0 Å². The van der Waals surface area contributed by atoms with Gasteiger partial charge in [0.05, 0.1) is 11.2 Å². The van der Waals surface area contributed by atoms with E-state index in [4.69, 9.17) is 9.31 Å². The van der Waals surface area contributed by atoms with Gasteiger partial charge in [0.15, 0.2) is 0 Å². The Kier molecular flexibility index (Phi) is 5.02. The van der Waals surface area contributed by atoms with Gasteiger partial charge in [0.1, 0.15) is 0 Å². The summed E-state index contributed by atoms with van der Waals surface area (Å²) in [5.41, 5.74) is 6.41. The molecule has 1 heterocycles. The molecule has 0 atom stereocenters. The van der Waals surface area contributed by atoms with Crippen molar-refractivity contribution < 1.29 is 9.31 Å². The highest BCUT2D eigenvalue weighted by Crippen LogP contribution is 2.39. The van der Waals surface area contributed by atoms with Crippen LogP contribution in [0.3, 0.4) is 0 Å². The minimum Gasteiger partial charge on any atom is -0.399 e. The summed E-state index contributed by atoms with van der Waals surface area (Å²) in [6.07, 6.45) is 1.87. The Labute approximate surface area is 135 Å². The van der Waals surface area contributed by atoms with E-state index < -0.39 is 0 Å².